The minimum absolute atomic E-state index is 0.506. The lowest BCUT2D eigenvalue weighted by atomic mass is 9.92. The van der Waals surface area contributed by atoms with Crippen LogP contribution in [0.4, 0.5) is 5.95 Å². The fourth-order valence-electron chi connectivity index (χ4n) is 1.78. The van der Waals surface area contributed by atoms with E-state index in [1.54, 1.807) is 0 Å². The standard InChI is InChI=1S/C11H16IN3/c1-8(2)11(3-4-11)7-15-10-13-5-9(12)6-14-10/h5-6,8H,3-4,7H2,1-2H3,(H,13,14,15). The maximum Gasteiger partial charge on any atom is 0.222 e. The number of hydrogen-bond acceptors (Lipinski definition) is 3. The van der Waals surface area contributed by atoms with Crippen molar-refractivity contribution >= 4 is 28.5 Å². The van der Waals surface area contributed by atoms with Crippen molar-refractivity contribution in [3.8, 4) is 0 Å². The molecule has 82 valence electrons. The minimum atomic E-state index is 0.506. The second-order valence-electron chi connectivity index (χ2n) is 4.60. The largest absolute Gasteiger partial charge is 0.354 e. The van der Waals surface area contributed by atoms with E-state index >= 15 is 0 Å². The van der Waals surface area contributed by atoms with Crippen LogP contribution in [0.3, 0.4) is 0 Å². The molecule has 3 nitrogen and oxygen atoms in total. The van der Waals surface area contributed by atoms with Gasteiger partial charge in [0.05, 0.1) is 0 Å². The first-order chi connectivity index (χ1) is 7.12. The van der Waals surface area contributed by atoms with Gasteiger partial charge in [-0.3, -0.25) is 0 Å². The van der Waals surface area contributed by atoms with E-state index in [4.69, 9.17) is 0 Å². The summed E-state index contributed by atoms with van der Waals surface area (Å²) in [5.74, 6) is 1.50. The van der Waals surface area contributed by atoms with Crippen molar-refractivity contribution in [3.05, 3.63) is 16.0 Å². The lowest BCUT2D eigenvalue weighted by Crippen LogP contribution is -2.21. The van der Waals surface area contributed by atoms with Crippen molar-refractivity contribution < 1.29 is 0 Å². The Hall–Kier alpha value is -0.390. The molecule has 2 rings (SSSR count). The average molecular weight is 317 g/mol. The minimum Gasteiger partial charge on any atom is -0.354 e. The van der Waals surface area contributed by atoms with Crippen LogP contribution in [0.15, 0.2) is 12.4 Å². The maximum absolute atomic E-state index is 4.24. The molecule has 0 unspecified atom stereocenters. The molecule has 1 heterocycles. The van der Waals surface area contributed by atoms with Crippen LogP contribution in [0, 0.1) is 14.9 Å². The highest BCUT2D eigenvalue weighted by atomic mass is 127. The molecule has 1 aliphatic rings. The molecule has 1 saturated carbocycles. The van der Waals surface area contributed by atoms with Crippen LogP contribution in [-0.4, -0.2) is 16.5 Å². The summed E-state index contributed by atoms with van der Waals surface area (Å²) >= 11 is 2.21. The zero-order valence-corrected chi connectivity index (χ0v) is 11.3. The highest BCUT2D eigenvalue weighted by Gasteiger charge is 2.44. The van der Waals surface area contributed by atoms with E-state index in [1.807, 2.05) is 12.4 Å². The summed E-state index contributed by atoms with van der Waals surface area (Å²) in [4.78, 5) is 8.48. The van der Waals surface area contributed by atoms with Crippen LogP contribution in [-0.2, 0) is 0 Å². The Morgan fingerprint density at radius 3 is 2.47 bits per heavy atom. The molecule has 0 aliphatic heterocycles. The van der Waals surface area contributed by atoms with E-state index in [0.29, 0.717) is 5.41 Å². The third-order valence-electron chi connectivity index (χ3n) is 3.34. The number of nitrogens with zero attached hydrogens (tertiary/aromatic N) is 2. The summed E-state index contributed by atoms with van der Waals surface area (Å²) in [6.07, 6.45) is 6.35. The van der Waals surface area contributed by atoms with Gasteiger partial charge in [0, 0.05) is 22.5 Å². The van der Waals surface area contributed by atoms with Crippen molar-refractivity contribution in [3.63, 3.8) is 0 Å². The van der Waals surface area contributed by atoms with Crippen molar-refractivity contribution in [1.29, 1.82) is 0 Å². The summed E-state index contributed by atoms with van der Waals surface area (Å²) in [6.45, 7) is 5.60. The molecule has 1 N–H and O–H groups in total. The smallest absolute Gasteiger partial charge is 0.222 e. The number of hydrogen-bond donors (Lipinski definition) is 1. The van der Waals surface area contributed by atoms with Crippen LogP contribution in [0.2, 0.25) is 0 Å². The van der Waals surface area contributed by atoms with Gasteiger partial charge in [-0.05, 0) is 46.8 Å². The van der Waals surface area contributed by atoms with E-state index < -0.39 is 0 Å². The Bertz CT molecular complexity index is 330. The lowest BCUT2D eigenvalue weighted by molar-refractivity contribution is 0.379. The number of rotatable bonds is 4. The molecule has 0 spiro atoms. The predicted molar refractivity (Wildman–Crippen MR) is 69.7 cm³/mol. The molecule has 0 aromatic carbocycles. The molecule has 0 saturated heterocycles. The topological polar surface area (TPSA) is 37.8 Å². The third-order valence-corrected chi connectivity index (χ3v) is 3.89. The third kappa shape index (κ3) is 2.59. The van der Waals surface area contributed by atoms with Gasteiger partial charge in [0.15, 0.2) is 0 Å². The van der Waals surface area contributed by atoms with Gasteiger partial charge in [0.2, 0.25) is 5.95 Å². The Morgan fingerprint density at radius 2 is 2.00 bits per heavy atom. The van der Waals surface area contributed by atoms with Crippen molar-refractivity contribution in [1.82, 2.24) is 9.97 Å². The molecular weight excluding hydrogens is 301 g/mol. The van der Waals surface area contributed by atoms with Gasteiger partial charge in [-0.2, -0.15) is 0 Å². The fourth-order valence-corrected chi connectivity index (χ4v) is 2.06. The molecule has 15 heavy (non-hydrogen) atoms. The zero-order chi connectivity index (χ0) is 10.9. The van der Waals surface area contributed by atoms with E-state index in [0.717, 1.165) is 22.0 Å². The average Bonchev–Trinajstić information content (AvgIpc) is 2.98. The maximum atomic E-state index is 4.24. The molecule has 0 atom stereocenters. The molecule has 0 radical (unpaired) electrons. The normalized spacial score (nSPS) is 17.9. The Balaban J connectivity index is 1.91. The Kier molecular flexibility index (Phi) is 3.13. The van der Waals surface area contributed by atoms with E-state index in [9.17, 15) is 0 Å². The van der Waals surface area contributed by atoms with Crippen LogP contribution in [0.5, 0.6) is 0 Å². The first-order valence-corrected chi connectivity index (χ1v) is 6.42. The summed E-state index contributed by atoms with van der Waals surface area (Å²) in [7, 11) is 0. The van der Waals surface area contributed by atoms with Gasteiger partial charge < -0.3 is 5.32 Å². The first kappa shape index (κ1) is 11.1. The fraction of sp³-hybridized carbons (Fsp3) is 0.636. The number of aromatic nitrogens is 2. The van der Waals surface area contributed by atoms with Gasteiger partial charge in [-0.25, -0.2) is 9.97 Å². The Labute approximate surface area is 104 Å². The molecular formula is C11H16IN3. The van der Waals surface area contributed by atoms with Gasteiger partial charge >= 0.3 is 0 Å². The van der Waals surface area contributed by atoms with Crippen molar-refractivity contribution in [2.45, 2.75) is 26.7 Å². The highest BCUT2D eigenvalue weighted by molar-refractivity contribution is 14.1. The van der Waals surface area contributed by atoms with E-state index in [-0.39, 0.29) is 0 Å². The summed E-state index contributed by atoms with van der Waals surface area (Å²) in [6, 6.07) is 0. The molecule has 1 fully saturated rings. The molecule has 1 aromatic heterocycles. The lowest BCUT2D eigenvalue weighted by Gasteiger charge is -2.19. The molecule has 0 amide bonds. The summed E-state index contributed by atoms with van der Waals surface area (Å²) in [5.41, 5.74) is 0.506. The van der Waals surface area contributed by atoms with E-state index in [1.165, 1.54) is 12.8 Å². The SMILES string of the molecule is CC(C)C1(CNc2ncc(I)cn2)CC1. The van der Waals surface area contributed by atoms with Crippen LogP contribution in [0.25, 0.3) is 0 Å². The number of anilines is 1. The monoisotopic (exact) mass is 317 g/mol. The Morgan fingerprint density at radius 1 is 1.40 bits per heavy atom. The molecule has 0 bridgehead atoms. The summed E-state index contributed by atoms with van der Waals surface area (Å²) < 4.78 is 1.07. The summed E-state index contributed by atoms with van der Waals surface area (Å²) in [5, 5.41) is 3.33. The first-order valence-electron chi connectivity index (χ1n) is 5.34. The van der Waals surface area contributed by atoms with Crippen molar-refractivity contribution in [2.24, 2.45) is 11.3 Å². The van der Waals surface area contributed by atoms with E-state index in [2.05, 4.69) is 51.7 Å². The second kappa shape index (κ2) is 4.23. The van der Waals surface area contributed by atoms with Gasteiger partial charge in [0.1, 0.15) is 0 Å². The van der Waals surface area contributed by atoms with Gasteiger partial charge in [-0.1, -0.05) is 13.8 Å². The molecule has 4 heteroatoms. The van der Waals surface area contributed by atoms with Crippen LogP contribution >= 0.6 is 22.6 Å². The van der Waals surface area contributed by atoms with Crippen LogP contribution in [0.1, 0.15) is 26.7 Å². The molecule has 1 aliphatic carbocycles. The zero-order valence-electron chi connectivity index (χ0n) is 9.13. The quantitative estimate of drug-likeness (QED) is 0.868. The highest BCUT2D eigenvalue weighted by Crippen LogP contribution is 2.51. The predicted octanol–water partition coefficient (Wildman–Crippen LogP) is 2.93. The molecule has 1 aromatic rings. The van der Waals surface area contributed by atoms with Gasteiger partial charge in [-0.15, -0.1) is 0 Å². The van der Waals surface area contributed by atoms with Crippen molar-refractivity contribution in [2.75, 3.05) is 11.9 Å². The number of nitrogens with one attached hydrogen (secondary N) is 1. The van der Waals surface area contributed by atoms with Gasteiger partial charge in [0.25, 0.3) is 0 Å². The van der Waals surface area contributed by atoms with Crippen LogP contribution < -0.4 is 5.32 Å². The number of halogens is 1. The second-order valence-corrected chi connectivity index (χ2v) is 5.84.